The number of benzene rings is 2. The van der Waals surface area contributed by atoms with Crippen LogP contribution >= 0.6 is 0 Å². The van der Waals surface area contributed by atoms with Gasteiger partial charge in [0.1, 0.15) is 29.5 Å². The summed E-state index contributed by atoms with van der Waals surface area (Å²) in [6.45, 7) is 3.29. The number of rotatable bonds is 8. The first-order chi connectivity index (χ1) is 12.8. The van der Waals surface area contributed by atoms with Gasteiger partial charge in [-0.05, 0) is 48.9 Å². The van der Waals surface area contributed by atoms with Crippen LogP contribution in [0.2, 0.25) is 0 Å². The van der Waals surface area contributed by atoms with E-state index in [9.17, 15) is 0 Å². The van der Waals surface area contributed by atoms with Crippen LogP contribution in [0.25, 0.3) is 0 Å². The molecule has 0 saturated carbocycles. The number of aromatic nitrogens is 2. The maximum atomic E-state index is 5.45. The minimum absolute atomic E-state index is 0.655. The van der Waals surface area contributed by atoms with Crippen molar-refractivity contribution in [1.82, 2.24) is 9.97 Å². The first-order valence-corrected chi connectivity index (χ1v) is 8.45. The second-order valence-corrected chi connectivity index (χ2v) is 5.57. The van der Waals surface area contributed by atoms with E-state index in [1.54, 1.807) is 7.11 Å². The first-order valence-electron chi connectivity index (χ1n) is 8.45. The Bertz CT molecular complexity index is 820. The van der Waals surface area contributed by atoms with Crippen molar-refractivity contribution < 1.29 is 9.47 Å². The largest absolute Gasteiger partial charge is 0.497 e. The number of methoxy groups -OCH3 is 1. The summed E-state index contributed by atoms with van der Waals surface area (Å²) in [6, 6.07) is 17.6. The Hall–Kier alpha value is -3.28. The number of ether oxygens (including phenoxy) is 2. The van der Waals surface area contributed by atoms with Crippen LogP contribution in [0.4, 0.5) is 17.3 Å². The average molecular weight is 350 g/mol. The molecule has 6 heteroatoms. The molecule has 3 aromatic rings. The molecule has 0 saturated heterocycles. The summed E-state index contributed by atoms with van der Waals surface area (Å²) in [5.74, 6) is 3.17. The van der Waals surface area contributed by atoms with Gasteiger partial charge < -0.3 is 20.1 Å². The molecule has 26 heavy (non-hydrogen) atoms. The molecule has 6 nitrogen and oxygen atoms in total. The predicted molar refractivity (Wildman–Crippen MR) is 103 cm³/mol. The van der Waals surface area contributed by atoms with Crippen molar-refractivity contribution in [3.05, 3.63) is 66.5 Å². The van der Waals surface area contributed by atoms with Crippen LogP contribution in [0.1, 0.15) is 12.5 Å². The van der Waals surface area contributed by atoms with Gasteiger partial charge in [-0.1, -0.05) is 12.1 Å². The molecule has 0 amide bonds. The molecule has 0 atom stereocenters. The van der Waals surface area contributed by atoms with E-state index in [2.05, 4.69) is 20.6 Å². The Morgan fingerprint density at radius 3 is 2.27 bits per heavy atom. The SMILES string of the molecule is CCOc1ccc(Nc2cc(NCc3ccc(OC)cc3)ncn2)cc1. The van der Waals surface area contributed by atoms with Crippen molar-refractivity contribution in [3.63, 3.8) is 0 Å². The van der Waals surface area contributed by atoms with Gasteiger partial charge in [-0.25, -0.2) is 9.97 Å². The fourth-order valence-corrected chi connectivity index (χ4v) is 2.41. The van der Waals surface area contributed by atoms with Gasteiger partial charge in [-0.3, -0.25) is 0 Å². The Morgan fingerprint density at radius 1 is 0.885 bits per heavy atom. The zero-order chi connectivity index (χ0) is 18.2. The third-order valence-corrected chi connectivity index (χ3v) is 3.74. The van der Waals surface area contributed by atoms with E-state index in [1.165, 1.54) is 6.33 Å². The molecular formula is C20H22N4O2. The lowest BCUT2D eigenvalue weighted by Gasteiger charge is -2.10. The molecule has 134 valence electrons. The van der Waals surface area contributed by atoms with Crippen LogP contribution in [-0.4, -0.2) is 23.7 Å². The monoisotopic (exact) mass is 350 g/mol. The average Bonchev–Trinajstić information content (AvgIpc) is 2.69. The van der Waals surface area contributed by atoms with E-state index in [4.69, 9.17) is 9.47 Å². The van der Waals surface area contributed by atoms with Gasteiger partial charge in [0.2, 0.25) is 0 Å². The molecule has 2 N–H and O–H groups in total. The van der Waals surface area contributed by atoms with Gasteiger partial charge in [-0.15, -0.1) is 0 Å². The van der Waals surface area contributed by atoms with Crippen molar-refractivity contribution >= 4 is 17.3 Å². The molecule has 0 aliphatic rings. The molecule has 0 radical (unpaired) electrons. The second-order valence-electron chi connectivity index (χ2n) is 5.57. The third-order valence-electron chi connectivity index (χ3n) is 3.74. The van der Waals surface area contributed by atoms with Gasteiger partial charge in [-0.2, -0.15) is 0 Å². The molecule has 0 unspecified atom stereocenters. The fourth-order valence-electron chi connectivity index (χ4n) is 2.41. The summed E-state index contributed by atoms with van der Waals surface area (Å²) >= 11 is 0. The van der Waals surface area contributed by atoms with Crippen molar-refractivity contribution in [1.29, 1.82) is 0 Å². The first kappa shape index (κ1) is 17.5. The fraction of sp³-hybridized carbons (Fsp3) is 0.200. The summed E-state index contributed by atoms with van der Waals surface area (Å²) in [7, 11) is 1.66. The van der Waals surface area contributed by atoms with Crippen LogP contribution in [-0.2, 0) is 6.54 Å². The number of nitrogens with one attached hydrogen (secondary N) is 2. The number of hydrogen-bond donors (Lipinski definition) is 2. The lowest BCUT2D eigenvalue weighted by molar-refractivity contribution is 0.340. The quantitative estimate of drug-likeness (QED) is 0.633. The van der Waals surface area contributed by atoms with Gasteiger partial charge in [0.15, 0.2) is 0 Å². The predicted octanol–water partition coefficient (Wildman–Crippen LogP) is 4.24. The van der Waals surface area contributed by atoms with Crippen molar-refractivity contribution in [2.75, 3.05) is 24.4 Å². The molecule has 0 fully saturated rings. The maximum absolute atomic E-state index is 5.45. The van der Waals surface area contributed by atoms with E-state index >= 15 is 0 Å². The molecule has 2 aromatic carbocycles. The van der Waals surface area contributed by atoms with Crippen LogP contribution in [0.15, 0.2) is 60.9 Å². The topological polar surface area (TPSA) is 68.3 Å². The molecule has 1 aromatic heterocycles. The van der Waals surface area contributed by atoms with Crippen LogP contribution in [0, 0.1) is 0 Å². The highest BCUT2D eigenvalue weighted by Crippen LogP contribution is 2.20. The maximum Gasteiger partial charge on any atom is 0.135 e. The zero-order valence-electron chi connectivity index (χ0n) is 14.9. The summed E-state index contributed by atoms with van der Waals surface area (Å²) in [5.41, 5.74) is 2.08. The van der Waals surface area contributed by atoms with Crippen LogP contribution in [0.5, 0.6) is 11.5 Å². The van der Waals surface area contributed by atoms with E-state index in [0.29, 0.717) is 13.2 Å². The third kappa shape index (κ3) is 4.86. The standard InChI is InChI=1S/C20H22N4O2/c1-3-26-18-10-6-16(7-11-18)24-20-12-19(22-14-23-20)21-13-15-4-8-17(25-2)9-5-15/h4-12,14H,3,13H2,1-2H3,(H2,21,22,23,24). The summed E-state index contributed by atoms with van der Waals surface area (Å²) < 4.78 is 10.6. The van der Waals surface area contributed by atoms with E-state index in [-0.39, 0.29) is 0 Å². The highest BCUT2D eigenvalue weighted by molar-refractivity contribution is 5.59. The Kier molecular flexibility index (Phi) is 5.88. The number of anilines is 3. The van der Waals surface area contributed by atoms with Gasteiger partial charge >= 0.3 is 0 Å². The zero-order valence-corrected chi connectivity index (χ0v) is 14.9. The number of nitrogens with zero attached hydrogens (tertiary/aromatic N) is 2. The van der Waals surface area contributed by atoms with Gasteiger partial charge in [0, 0.05) is 18.3 Å². The lowest BCUT2D eigenvalue weighted by Crippen LogP contribution is -2.03. The van der Waals surface area contributed by atoms with Crippen LogP contribution < -0.4 is 20.1 Å². The molecule has 0 aliphatic heterocycles. The normalized spacial score (nSPS) is 10.2. The lowest BCUT2D eigenvalue weighted by atomic mass is 10.2. The van der Waals surface area contributed by atoms with E-state index < -0.39 is 0 Å². The van der Waals surface area contributed by atoms with Crippen molar-refractivity contribution in [3.8, 4) is 11.5 Å². The molecule has 0 aliphatic carbocycles. The number of hydrogen-bond acceptors (Lipinski definition) is 6. The summed E-state index contributed by atoms with van der Waals surface area (Å²) in [6.07, 6.45) is 1.53. The van der Waals surface area contributed by atoms with Crippen LogP contribution in [0.3, 0.4) is 0 Å². The van der Waals surface area contributed by atoms with Crippen molar-refractivity contribution in [2.24, 2.45) is 0 Å². The Labute approximate surface area is 153 Å². The summed E-state index contributed by atoms with van der Waals surface area (Å²) in [4.78, 5) is 8.52. The van der Waals surface area contributed by atoms with Gasteiger partial charge in [0.05, 0.1) is 13.7 Å². The van der Waals surface area contributed by atoms with Crippen molar-refractivity contribution in [2.45, 2.75) is 13.5 Å². The molecular weight excluding hydrogens is 328 g/mol. The van der Waals surface area contributed by atoms with E-state index in [0.717, 1.165) is 34.4 Å². The highest BCUT2D eigenvalue weighted by Gasteiger charge is 2.01. The second kappa shape index (κ2) is 8.71. The summed E-state index contributed by atoms with van der Waals surface area (Å²) in [5, 5.41) is 6.56. The molecule has 0 spiro atoms. The minimum atomic E-state index is 0.655. The molecule has 3 rings (SSSR count). The Balaban J connectivity index is 1.60. The molecule has 0 bridgehead atoms. The smallest absolute Gasteiger partial charge is 0.135 e. The van der Waals surface area contributed by atoms with E-state index in [1.807, 2.05) is 61.5 Å². The molecule has 1 heterocycles. The Morgan fingerprint density at radius 2 is 1.58 bits per heavy atom. The highest BCUT2D eigenvalue weighted by atomic mass is 16.5. The minimum Gasteiger partial charge on any atom is -0.497 e. The van der Waals surface area contributed by atoms with Gasteiger partial charge in [0.25, 0.3) is 0 Å².